The van der Waals surface area contributed by atoms with Crippen LogP contribution in [0, 0.1) is 0 Å². The highest BCUT2D eigenvalue weighted by atomic mass is 32.2. The Morgan fingerprint density at radius 1 is 1.50 bits per heavy atom. The number of thiocarbonyl (C=S) groups is 1. The minimum Gasteiger partial charge on any atom is -0.464 e. The molecule has 0 radical (unpaired) electrons. The minimum atomic E-state index is -0.409. The normalized spacial score (nSPS) is 17.1. The summed E-state index contributed by atoms with van der Waals surface area (Å²) in [6.07, 6.45) is 1.74. The number of rotatable bonds is 3. The van der Waals surface area contributed by atoms with Gasteiger partial charge in [-0.2, -0.15) is 0 Å². The average molecular weight is 310 g/mol. The molecule has 0 spiro atoms. The number of hydrogen-bond acceptors (Lipinski definition) is 5. The van der Waals surface area contributed by atoms with Gasteiger partial charge in [0.05, 0.1) is 12.0 Å². The molecule has 1 aliphatic rings. The molecule has 0 N–H and O–H groups in total. The second kappa shape index (κ2) is 5.80. The van der Waals surface area contributed by atoms with Crippen LogP contribution in [0.25, 0.3) is 6.08 Å². The molecule has 2 heterocycles. The number of carbonyl (C=O) groups excluding carboxylic acids is 2. The van der Waals surface area contributed by atoms with E-state index in [2.05, 4.69) is 0 Å². The van der Waals surface area contributed by atoms with E-state index in [1.807, 2.05) is 6.92 Å². The van der Waals surface area contributed by atoms with Crippen molar-refractivity contribution in [2.75, 3.05) is 13.7 Å². The van der Waals surface area contributed by atoms with Gasteiger partial charge in [0.2, 0.25) is 0 Å². The Labute approximate surface area is 126 Å². The lowest BCUT2D eigenvalue weighted by Crippen LogP contribution is -2.27. The average Bonchev–Trinajstić information content (AvgIpc) is 2.91. The standard InChI is InChI=1S/C13H14N2O3S2/c1-4-15-11(16)10(20-13(15)19)7-8-5-6-9(14(8)2)12(17)18-3/h5-7H,4H2,1-3H3. The summed E-state index contributed by atoms with van der Waals surface area (Å²) >= 11 is 6.43. The summed E-state index contributed by atoms with van der Waals surface area (Å²) in [5.41, 5.74) is 1.19. The van der Waals surface area contributed by atoms with E-state index in [1.165, 1.54) is 18.9 Å². The monoisotopic (exact) mass is 310 g/mol. The van der Waals surface area contributed by atoms with Crippen molar-refractivity contribution in [1.29, 1.82) is 0 Å². The van der Waals surface area contributed by atoms with Gasteiger partial charge in [-0.15, -0.1) is 0 Å². The molecule has 1 aliphatic heterocycles. The summed E-state index contributed by atoms with van der Waals surface area (Å²) in [6.45, 7) is 2.44. The molecule has 1 saturated heterocycles. The first-order valence-corrected chi connectivity index (χ1v) is 7.21. The van der Waals surface area contributed by atoms with Gasteiger partial charge >= 0.3 is 5.97 Å². The summed E-state index contributed by atoms with van der Waals surface area (Å²) in [4.78, 5) is 25.8. The molecule has 0 aromatic carbocycles. The second-order valence-corrected chi connectivity index (χ2v) is 5.80. The zero-order chi connectivity index (χ0) is 14.9. The first kappa shape index (κ1) is 14.8. The molecule has 2 rings (SSSR count). The lowest BCUT2D eigenvalue weighted by atomic mass is 10.3. The highest BCUT2D eigenvalue weighted by Crippen LogP contribution is 2.32. The first-order chi connectivity index (χ1) is 9.49. The molecule has 1 amide bonds. The van der Waals surface area contributed by atoms with E-state index in [1.54, 1.807) is 34.7 Å². The summed E-state index contributed by atoms with van der Waals surface area (Å²) in [7, 11) is 3.08. The van der Waals surface area contributed by atoms with Gasteiger partial charge in [-0.1, -0.05) is 24.0 Å². The van der Waals surface area contributed by atoms with Gasteiger partial charge in [-0.3, -0.25) is 9.69 Å². The zero-order valence-electron chi connectivity index (χ0n) is 11.4. The number of nitrogens with zero attached hydrogens (tertiary/aromatic N) is 2. The quantitative estimate of drug-likeness (QED) is 0.486. The molecule has 0 aliphatic carbocycles. The van der Waals surface area contributed by atoms with Crippen LogP contribution in [0.3, 0.4) is 0 Å². The van der Waals surface area contributed by atoms with Crippen molar-refractivity contribution in [2.45, 2.75) is 6.92 Å². The minimum absolute atomic E-state index is 0.0941. The first-order valence-electron chi connectivity index (χ1n) is 5.99. The number of ether oxygens (including phenoxy) is 1. The highest BCUT2D eigenvalue weighted by Gasteiger charge is 2.30. The number of aromatic nitrogens is 1. The largest absolute Gasteiger partial charge is 0.464 e. The molecule has 0 unspecified atom stereocenters. The number of amides is 1. The molecule has 1 aromatic rings. The van der Waals surface area contributed by atoms with Gasteiger partial charge in [0, 0.05) is 19.3 Å². The van der Waals surface area contributed by atoms with Crippen molar-refractivity contribution < 1.29 is 14.3 Å². The van der Waals surface area contributed by atoms with Crippen molar-refractivity contribution in [1.82, 2.24) is 9.47 Å². The Kier molecular flexibility index (Phi) is 4.29. The maximum absolute atomic E-state index is 12.1. The molecule has 1 aromatic heterocycles. The van der Waals surface area contributed by atoms with Gasteiger partial charge in [0.1, 0.15) is 10.0 Å². The number of carbonyl (C=O) groups is 2. The van der Waals surface area contributed by atoms with Crippen LogP contribution in [0.4, 0.5) is 0 Å². The highest BCUT2D eigenvalue weighted by molar-refractivity contribution is 8.26. The third-order valence-corrected chi connectivity index (χ3v) is 4.40. The number of methoxy groups -OCH3 is 1. The molecule has 0 atom stereocenters. The zero-order valence-corrected chi connectivity index (χ0v) is 13.0. The smallest absolute Gasteiger partial charge is 0.354 e. The summed E-state index contributed by atoms with van der Waals surface area (Å²) in [6, 6.07) is 3.43. The molecule has 1 fully saturated rings. The fourth-order valence-electron chi connectivity index (χ4n) is 1.89. The van der Waals surface area contributed by atoms with Gasteiger partial charge in [0.15, 0.2) is 0 Å². The lowest BCUT2D eigenvalue weighted by Gasteiger charge is -2.09. The van der Waals surface area contributed by atoms with Crippen LogP contribution in [0.2, 0.25) is 0 Å². The summed E-state index contributed by atoms with van der Waals surface area (Å²) in [5, 5.41) is 0. The fourth-order valence-corrected chi connectivity index (χ4v) is 3.26. The van der Waals surface area contributed by atoms with Crippen molar-refractivity contribution in [3.8, 4) is 0 Å². The third-order valence-electron chi connectivity index (χ3n) is 3.02. The molecule has 20 heavy (non-hydrogen) atoms. The van der Waals surface area contributed by atoms with Crippen LogP contribution >= 0.6 is 24.0 Å². The van der Waals surface area contributed by atoms with E-state index in [9.17, 15) is 9.59 Å². The SMILES string of the molecule is CCN1C(=O)C(=Cc2ccc(C(=O)OC)n2C)SC1=S. The van der Waals surface area contributed by atoms with Crippen LogP contribution in [0.15, 0.2) is 17.0 Å². The van der Waals surface area contributed by atoms with Crippen molar-refractivity contribution in [3.63, 3.8) is 0 Å². The van der Waals surface area contributed by atoms with Crippen LogP contribution < -0.4 is 0 Å². The van der Waals surface area contributed by atoms with Crippen LogP contribution in [-0.2, 0) is 16.6 Å². The van der Waals surface area contributed by atoms with Crippen LogP contribution in [-0.4, -0.2) is 39.3 Å². The van der Waals surface area contributed by atoms with Gasteiger partial charge in [-0.05, 0) is 25.1 Å². The molecule has 7 heteroatoms. The Hall–Kier alpha value is -1.60. The number of thioether (sulfide) groups is 1. The maximum atomic E-state index is 12.1. The fraction of sp³-hybridized carbons (Fsp3) is 0.308. The lowest BCUT2D eigenvalue weighted by molar-refractivity contribution is -0.121. The Bertz CT molecular complexity index is 619. The van der Waals surface area contributed by atoms with E-state index >= 15 is 0 Å². The van der Waals surface area contributed by atoms with Crippen molar-refractivity contribution in [3.05, 3.63) is 28.4 Å². The van der Waals surface area contributed by atoms with E-state index in [4.69, 9.17) is 17.0 Å². The Balaban J connectivity index is 2.33. The molecule has 0 saturated carbocycles. The molecular weight excluding hydrogens is 296 g/mol. The van der Waals surface area contributed by atoms with E-state index in [-0.39, 0.29) is 5.91 Å². The number of hydrogen-bond donors (Lipinski definition) is 0. The predicted octanol–water partition coefficient (Wildman–Crippen LogP) is 2.03. The second-order valence-electron chi connectivity index (χ2n) is 4.12. The third kappa shape index (κ3) is 2.51. The Morgan fingerprint density at radius 2 is 2.20 bits per heavy atom. The Morgan fingerprint density at radius 3 is 2.75 bits per heavy atom. The van der Waals surface area contributed by atoms with E-state index in [0.717, 1.165) is 5.69 Å². The van der Waals surface area contributed by atoms with Crippen LogP contribution in [0.1, 0.15) is 23.1 Å². The van der Waals surface area contributed by atoms with E-state index in [0.29, 0.717) is 21.5 Å². The van der Waals surface area contributed by atoms with Crippen molar-refractivity contribution >= 4 is 46.3 Å². The number of esters is 1. The summed E-state index contributed by atoms with van der Waals surface area (Å²) in [5.74, 6) is -0.503. The van der Waals surface area contributed by atoms with E-state index < -0.39 is 5.97 Å². The predicted molar refractivity (Wildman–Crippen MR) is 82.3 cm³/mol. The molecule has 106 valence electrons. The van der Waals surface area contributed by atoms with Crippen molar-refractivity contribution in [2.24, 2.45) is 7.05 Å². The molecular formula is C13H14N2O3S2. The molecule has 5 nitrogen and oxygen atoms in total. The van der Waals surface area contributed by atoms with Gasteiger partial charge < -0.3 is 9.30 Å². The molecule has 0 bridgehead atoms. The maximum Gasteiger partial charge on any atom is 0.354 e. The number of likely N-dealkylation sites (N-methyl/N-ethyl adjacent to an activating group) is 1. The topological polar surface area (TPSA) is 51.5 Å². The van der Waals surface area contributed by atoms with Crippen LogP contribution in [0.5, 0.6) is 0 Å². The summed E-state index contributed by atoms with van der Waals surface area (Å²) < 4.78 is 6.94. The van der Waals surface area contributed by atoms with Gasteiger partial charge in [0.25, 0.3) is 5.91 Å². The van der Waals surface area contributed by atoms with Gasteiger partial charge in [-0.25, -0.2) is 4.79 Å².